The summed E-state index contributed by atoms with van der Waals surface area (Å²) in [6.07, 6.45) is 6.67. The Kier molecular flexibility index (Phi) is 1.36. The molecule has 0 radical (unpaired) electrons. The largest absolute Gasteiger partial charge is 0.330 e. The van der Waals surface area contributed by atoms with Gasteiger partial charge in [0.25, 0.3) is 0 Å². The molecule has 0 aliphatic heterocycles. The zero-order chi connectivity index (χ0) is 8.55. The first-order valence-corrected chi connectivity index (χ1v) is 3.52. The Bertz CT molecular complexity index is 436. The SMILES string of the molecule is Cn1cc(-n2cc[nH]c2=O)cn1. The molecule has 0 saturated carbocycles. The number of aromatic nitrogens is 4. The zero-order valence-electron chi connectivity index (χ0n) is 6.56. The third-order valence-electron chi connectivity index (χ3n) is 1.62. The third kappa shape index (κ3) is 0.952. The van der Waals surface area contributed by atoms with Crippen molar-refractivity contribution in [3.8, 4) is 5.69 Å². The highest BCUT2D eigenvalue weighted by Crippen LogP contribution is 1.99. The minimum absolute atomic E-state index is 0.150. The predicted molar refractivity (Wildman–Crippen MR) is 43.2 cm³/mol. The standard InChI is InChI=1S/C7H8N4O/c1-10-5-6(4-9-10)11-3-2-8-7(11)12/h2-5H,1H3,(H,8,12). The van der Waals surface area contributed by atoms with Crippen molar-refractivity contribution in [3.05, 3.63) is 35.3 Å². The fourth-order valence-corrected chi connectivity index (χ4v) is 1.06. The molecule has 5 heteroatoms. The van der Waals surface area contributed by atoms with Crippen LogP contribution < -0.4 is 5.69 Å². The van der Waals surface area contributed by atoms with E-state index in [0.717, 1.165) is 5.69 Å². The van der Waals surface area contributed by atoms with Crippen LogP contribution in [-0.2, 0) is 7.05 Å². The Morgan fingerprint density at radius 1 is 1.58 bits per heavy atom. The molecule has 2 rings (SSSR count). The maximum absolute atomic E-state index is 11.1. The molecule has 0 unspecified atom stereocenters. The number of hydrogen-bond acceptors (Lipinski definition) is 2. The van der Waals surface area contributed by atoms with E-state index >= 15 is 0 Å². The Morgan fingerprint density at radius 3 is 2.92 bits per heavy atom. The molecular formula is C7H8N4O. The van der Waals surface area contributed by atoms with Gasteiger partial charge in [-0.3, -0.25) is 9.25 Å². The van der Waals surface area contributed by atoms with Crippen molar-refractivity contribution in [1.29, 1.82) is 0 Å². The van der Waals surface area contributed by atoms with E-state index in [1.54, 1.807) is 36.5 Å². The molecule has 2 heterocycles. The number of aryl methyl sites for hydroxylation is 1. The Balaban J connectivity index is 2.58. The summed E-state index contributed by atoms with van der Waals surface area (Å²) in [6.45, 7) is 0. The molecule has 12 heavy (non-hydrogen) atoms. The summed E-state index contributed by atoms with van der Waals surface area (Å²) < 4.78 is 3.14. The number of nitrogens with one attached hydrogen (secondary N) is 1. The van der Waals surface area contributed by atoms with Crippen molar-refractivity contribution in [2.45, 2.75) is 0 Å². The molecule has 0 bridgehead atoms. The lowest BCUT2D eigenvalue weighted by atomic mass is 10.5. The van der Waals surface area contributed by atoms with Gasteiger partial charge in [0.15, 0.2) is 0 Å². The first kappa shape index (κ1) is 6.90. The van der Waals surface area contributed by atoms with Crippen molar-refractivity contribution in [2.75, 3.05) is 0 Å². The van der Waals surface area contributed by atoms with E-state index in [1.807, 2.05) is 0 Å². The van der Waals surface area contributed by atoms with Gasteiger partial charge >= 0.3 is 5.69 Å². The highest BCUT2D eigenvalue weighted by Gasteiger charge is 2.00. The van der Waals surface area contributed by atoms with Crippen LogP contribution >= 0.6 is 0 Å². The summed E-state index contributed by atoms with van der Waals surface area (Å²) in [5.74, 6) is 0. The van der Waals surface area contributed by atoms with Crippen molar-refractivity contribution in [3.63, 3.8) is 0 Å². The van der Waals surface area contributed by atoms with E-state index in [2.05, 4.69) is 10.1 Å². The van der Waals surface area contributed by atoms with Gasteiger partial charge < -0.3 is 4.98 Å². The van der Waals surface area contributed by atoms with Crippen molar-refractivity contribution in [1.82, 2.24) is 19.3 Å². The topological polar surface area (TPSA) is 55.6 Å². The zero-order valence-corrected chi connectivity index (χ0v) is 6.56. The summed E-state index contributed by atoms with van der Waals surface area (Å²) in [6, 6.07) is 0. The van der Waals surface area contributed by atoms with Gasteiger partial charge in [0.1, 0.15) is 0 Å². The highest BCUT2D eigenvalue weighted by atomic mass is 16.1. The molecule has 5 nitrogen and oxygen atoms in total. The average molecular weight is 164 g/mol. The van der Waals surface area contributed by atoms with E-state index < -0.39 is 0 Å². The molecule has 62 valence electrons. The minimum Gasteiger partial charge on any atom is -0.312 e. The highest BCUT2D eigenvalue weighted by molar-refractivity contribution is 5.24. The summed E-state index contributed by atoms with van der Waals surface area (Å²) in [5, 5.41) is 3.96. The van der Waals surface area contributed by atoms with Crippen LogP contribution in [0.5, 0.6) is 0 Å². The van der Waals surface area contributed by atoms with Crippen LogP contribution in [0, 0.1) is 0 Å². The second-order valence-corrected chi connectivity index (χ2v) is 2.51. The summed E-state index contributed by atoms with van der Waals surface area (Å²) in [4.78, 5) is 13.6. The van der Waals surface area contributed by atoms with Gasteiger partial charge in [0, 0.05) is 25.6 Å². The minimum atomic E-state index is -0.150. The van der Waals surface area contributed by atoms with E-state index in [0.29, 0.717) is 0 Å². The molecule has 0 atom stereocenters. The van der Waals surface area contributed by atoms with E-state index in [1.165, 1.54) is 4.57 Å². The molecular weight excluding hydrogens is 156 g/mol. The van der Waals surface area contributed by atoms with Crippen LogP contribution in [0.15, 0.2) is 29.6 Å². The fraction of sp³-hybridized carbons (Fsp3) is 0.143. The normalized spacial score (nSPS) is 10.4. The molecule has 0 aliphatic rings. The van der Waals surface area contributed by atoms with Gasteiger partial charge in [0.2, 0.25) is 0 Å². The van der Waals surface area contributed by atoms with Crippen molar-refractivity contribution >= 4 is 0 Å². The second-order valence-electron chi connectivity index (χ2n) is 2.51. The molecule has 0 saturated heterocycles. The van der Waals surface area contributed by atoms with Gasteiger partial charge in [-0.05, 0) is 0 Å². The van der Waals surface area contributed by atoms with Crippen LogP contribution in [0.4, 0.5) is 0 Å². The average Bonchev–Trinajstić information content (AvgIpc) is 2.58. The van der Waals surface area contributed by atoms with Crippen LogP contribution in [-0.4, -0.2) is 19.3 Å². The third-order valence-corrected chi connectivity index (χ3v) is 1.62. The van der Waals surface area contributed by atoms with Crippen LogP contribution in [0.3, 0.4) is 0 Å². The van der Waals surface area contributed by atoms with Crippen molar-refractivity contribution < 1.29 is 0 Å². The number of aromatic amines is 1. The van der Waals surface area contributed by atoms with Gasteiger partial charge in [-0.15, -0.1) is 0 Å². The predicted octanol–water partition coefficient (Wildman–Crippen LogP) is -0.101. The van der Waals surface area contributed by atoms with Gasteiger partial charge in [-0.25, -0.2) is 4.79 Å². The molecule has 2 aromatic heterocycles. The Labute approximate surface area is 68.3 Å². The van der Waals surface area contributed by atoms with Crippen LogP contribution in [0.1, 0.15) is 0 Å². The maximum atomic E-state index is 11.1. The molecule has 0 spiro atoms. The molecule has 0 fully saturated rings. The maximum Gasteiger partial charge on any atom is 0.330 e. The van der Waals surface area contributed by atoms with Gasteiger partial charge in [0.05, 0.1) is 11.9 Å². The van der Waals surface area contributed by atoms with E-state index in [-0.39, 0.29) is 5.69 Å². The van der Waals surface area contributed by atoms with E-state index in [4.69, 9.17) is 0 Å². The number of H-pyrrole nitrogens is 1. The lowest BCUT2D eigenvalue weighted by Gasteiger charge is -1.91. The number of imidazole rings is 1. The number of hydrogen-bond donors (Lipinski definition) is 1. The number of rotatable bonds is 1. The second kappa shape index (κ2) is 2.37. The smallest absolute Gasteiger partial charge is 0.312 e. The van der Waals surface area contributed by atoms with Gasteiger partial charge in [-0.1, -0.05) is 0 Å². The molecule has 0 aromatic carbocycles. The number of nitrogens with zero attached hydrogens (tertiary/aromatic N) is 3. The quantitative estimate of drug-likeness (QED) is 0.639. The molecule has 2 aromatic rings. The molecule has 1 N–H and O–H groups in total. The summed E-state index contributed by atoms with van der Waals surface area (Å²) in [7, 11) is 1.81. The Hall–Kier alpha value is -1.78. The lowest BCUT2D eigenvalue weighted by molar-refractivity contribution is 0.767. The lowest BCUT2D eigenvalue weighted by Crippen LogP contribution is -2.13. The first-order chi connectivity index (χ1) is 5.77. The van der Waals surface area contributed by atoms with Crippen LogP contribution in [0.25, 0.3) is 5.69 Å². The van der Waals surface area contributed by atoms with Crippen molar-refractivity contribution in [2.24, 2.45) is 7.05 Å². The van der Waals surface area contributed by atoms with Crippen LogP contribution in [0.2, 0.25) is 0 Å². The Morgan fingerprint density at radius 2 is 2.42 bits per heavy atom. The monoisotopic (exact) mass is 164 g/mol. The fourth-order valence-electron chi connectivity index (χ4n) is 1.06. The summed E-state index contributed by atoms with van der Waals surface area (Å²) >= 11 is 0. The summed E-state index contributed by atoms with van der Waals surface area (Å²) in [5.41, 5.74) is 0.617. The van der Waals surface area contributed by atoms with E-state index in [9.17, 15) is 4.79 Å². The van der Waals surface area contributed by atoms with Gasteiger partial charge in [-0.2, -0.15) is 5.10 Å². The molecule has 0 aliphatic carbocycles. The first-order valence-electron chi connectivity index (χ1n) is 3.52. The molecule has 0 amide bonds.